The Morgan fingerprint density at radius 1 is 0.885 bits per heavy atom. The molecule has 0 aromatic carbocycles. The average Bonchev–Trinajstić information content (AvgIpc) is 2.75. The molecule has 26 heavy (non-hydrogen) atoms. The van der Waals surface area contributed by atoms with Crippen LogP contribution in [0.5, 0.6) is 0 Å². The van der Waals surface area contributed by atoms with Crippen LogP contribution in [0, 0.1) is 0 Å². The number of rotatable bonds is 4. The fraction of sp³-hybridized carbons (Fsp3) is 0.556. The predicted molar refractivity (Wildman–Crippen MR) is 101 cm³/mol. The first-order valence-electron chi connectivity index (χ1n) is 9.30. The lowest BCUT2D eigenvalue weighted by atomic mass is 10.2. The Hall–Kier alpha value is -2.48. The first kappa shape index (κ1) is 17.0. The molecule has 0 N–H and O–H groups in total. The van der Waals surface area contributed by atoms with E-state index in [0.29, 0.717) is 0 Å². The van der Waals surface area contributed by atoms with E-state index in [1.54, 1.807) is 6.33 Å². The zero-order chi connectivity index (χ0) is 17.8. The Kier molecular flexibility index (Phi) is 5.10. The number of aryl methyl sites for hydroxylation is 1. The molecule has 138 valence electrons. The van der Waals surface area contributed by atoms with Gasteiger partial charge in [0, 0.05) is 57.2 Å². The van der Waals surface area contributed by atoms with Crippen LogP contribution in [0.2, 0.25) is 0 Å². The normalized spacial score (nSPS) is 18.3. The second kappa shape index (κ2) is 7.82. The molecule has 2 aromatic rings. The van der Waals surface area contributed by atoms with E-state index in [-0.39, 0.29) is 0 Å². The third-order valence-corrected chi connectivity index (χ3v) is 4.92. The number of hydrogen-bond donors (Lipinski definition) is 0. The minimum absolute atomic E-state index is 0.741. The van der Waals surface area contributed by atoms with Crippen molar-refractivity contribution in [1.82, 2.24) is 19.9 Å². The third kappa shape index (κ3) is 3.70. The summed E-state index contributed by atoms with van der Waals surface area (Å²) in [7, 11) is 0. The number of piperazine rings is 1. The molecule has 0 saturated carbocycles. The van der Waals surface area contributed by atoms with E-state index >= 15 is 0 Å². The van der Waals surface area contributed by atoms with Crippen molar-refractivity contribution >= 4 is 17.6 Å². The summed E-state index contributed by atoms with van der Waals surface area (Å²) in [4.78, 5) is 24.8. The molecule has 2 saturated heterocycles. The van der Waals surface area contributed by atoms with Crippen LogP contribution in [0.1, 0.15) is 12.6 Å². The minimum atomic E-state index is 0.741. The van der Waals surface area contributed by atoms with Gasteiger partial charge < -0.3 is 19.4 Å². The van der Waals surface area contributed by atoms with Crippen LogP contribution in [-0.4, -0.2) is 72.4 Å². The van der Waals surface area contributed by atoms with Crippen LogP contribution >= 0.6 is 0 Å². The summed E-state index contributed by atoms with van der Waals surface area (Å²) in [6.07, 6.45) is 4.46. The van der Waals surface area contributed by atoms with Gasteiger partial charge in [0.1, 0.15) is 18.0 Å². The molecule has 8 heteroatoms. The smallest absolute Gasteiger partial charge is 0.227 e. The number of ether oxygens (including phenoxy) is 1. The SMILES string of the molecule is CCc1cc(N2CCN(c3ccnc(N4CCOCC4)n3)CC2)ncn1. The van der Waals surface area contributed by atoms with Crippen molar-refractivity contribution in [2.45, 2.75) is 13.3 Å². The molecular formula is C18H25N7O. The molecule has 0 radical (unpaired) electrons. The molecule has 0 atom stereocenters. The van der Waals surface area contributed by atoms with Crippen LogP contribution in [0.25, 0.3) is 0 Å². The van der Waals surface area contributed by atoms with E-state index in [1.807, 2.05) is 12.3 Å². The fourth-order valence-electron chi connectivity index (χ4n) is 3.35. The van der Waals surface area contributed by atoms with Crippen LogP contribution in [0.15, 0.2) is 24.7 Å². The highest BCUT2D eigenvalue weighted by molar-refractivity contribution is 5.47. The lowest BCUT2D eigenvalue weighted by Crippen LogP contribution is -2.47. The highest BCUT2D eigenvalue weighted by Gasteiger charge is 2.21. The van der Waals surface area contributed by atoms with Gasteiger partial charge in [0.05, 0.1) is 13.2 Å². The predicted octanol–water partition coefficient (Wildman–Crippen LogP) is 0.992. The Morgan fingerprint density at radius 2 is 1.62 bits per heavy atom. The zero-order valence-corrected chi connectivity index (χ0v) is 15.2. The summed E-state index contributed by atoms with van der Waals surface area (Å²) in [6, 6.07) is 4.09. The molecule has 4 heterocycles. The molecule has 0 bridgehead atoms. The largest absolute Gasteiger partial charge is 0.378 e. The van der Waals surface area contributed by atoms with E-state index in [1.165, 1.54) is 0 Å². The number of morpholine rings is 1. The van der Waals surface area contributed by atoms with Crippen molar-refractivity contribution < 1.29 is 4.74 Å². The maximum Gasteiger partial charge on any atom is 0.227 e. The summed E-state index contributed by atoms with van der Waals surface area (Å²) in [5.41, 5.74) is 1.09. The van der Waals surface area contributed by atoms with Gasteiger partial charge in [-0.2, -0.15) is 4.98 Å². The van der Waals surface area contributed by atoms with Gasteiger partial charge in [0.25, 0.3) is 0 Å². The standard InChI is InChI=1S/C18H25N7O/c1-2-15-13-17(21-14-20-15)24-7-5-23(6-8-24)16-3-4-19-18(22-16)25-9-11-26-12-10-25/h3-4,13-14H,2,5-12H2,1H3. The second-order valence-corrected chi connectivity index (χ2v) is 6.51. The molecule has 8 nitrogen and oxygen atoms in total. The molecule has 0 aliphatic carbocycles. The lowest BCUT2D eigenvalue weighted by molar-refractivity contribution is 0.122. The maximum atomic E-state index is 5.41. The van der Waals surface area contributed by atoms with Crippen molar-refractivity contribution in [3.63, 3.8) is 0 Å². The van der Waals surface area contributed by atoms with E-state index in [2.05, 4.69) is 42.6 Å². The van der Waals surface area contributed by atoms with E-state index in [4.69, 9.17) is 9.72 Å². The van der Waals surface area contributed by atoms with Gasteiger partial charge in [0.2, 0.25) is 5.95 Å². The molecule has 0 amide bonds. The van der Waals surface area contributed by atoms with Gasteiger partial charge in [-0.3, -0.25) is 0 Å². The summed E-state index contributed by atoms with van der Waals surface area (Å²) >= 11 is 0. The van der Waals surface area contributed by atoms with Crippen molar-refractivity contribution in [2.75, 3.05) is 67.2 Å². The summed E-state index contributed by atoms with van der Waals surface area (Å²) in [6.45, 7) is 9.00. The average molecular weight is 355 g/mol. The van der Waals surface area contributed by atoms with Crippen molar-refractivity contribution in [3.8, 4) is 0 Å². The molecular weight excluding hydrogens is 330 g/mol. The number of hydrogen-bond acceptors (Lipinski definition) is 8. The minimum Gasteiger partial charge on any atom is -0.378 e. The van der Waals surface area contributed by atoms with Gasteiger partial charge in [-0.25, -0.2) is 15.0 Å². The highest BCUT2D eigenvalue weighted by Crippen LogP contribution is 2.20. The topological polar surface area (TPSA) is 70.5 Å². The number of anilines is 3. The van der Waals surface area contributed by atoms with Crippen LogP contribution in [0.3, 0.4) is 0 Å². The zero-order valence-electron chi connectivity index (χ0n) is 15.2. The monoisotopic (exact) mass is 355 g/mol. The second-order valence-electron chi connectivity index (χ2n) is 6.51. The van der Waals surface area contributed by atoms with Crippen molar-refractivity contribution in [2.24, 2.45) is 0 Å². The molecule has 0 unspecified atom stereocenters. The molecule has 0 spiro atoms. The van der Waals surface area contributed by atoms with E-state index < -0.39 is 0 Å². The Labute approximate surface area is 153 Å². The summed E-state index contributed by atoms with van der Waals surface area (Å²) < 4.78 is 5.41. The van der Waals surface area contributed by atoms with Gasteiger partial charge in [-0.05, 0) is 12.5 Å². The Balaban J connectivity index is 1.41. The Bertz CT molecular complexity index is 727. The van der Waals surface area contributed by atoms with E-state index in [9.17, 15) is 0 Å². The van der Waals surface area contributed by atoms with Crippen LogP contribution in [-0.2, 0) is 11.2 Å². The summed E-state index contributed by atoms with van der Waals surface area (Å²) in [5.74, 6) is 2.82. The first-order chi connectivity index (χ1) is 12.8. The quantitative estimate of drug-likeness (QED) is 0.804. The van der Waals surface area contributed by atoms with Gasteiger partial charge in [0.15, 0.2) is 0 Å². The Morgan fingerprint density at radius 3 is 2.35 bits per heavy atom. The van der Waals surface area contributed by atoms with Crippen molar-refractivity contribution in [3.05, 3.63) is 30.4 Å². The van der Waals surface area contributed by atoms with Crippen molar-refractivity contribution in [1.29, 1.82) is 0 Å². The molecule has 4 rings (SSSR count). The van der Waals surface area contributed by atoms with Crippen LogP contribution in [0.4, 0.5) is 17.6 Å². The molecule has 2 aromatic heterocycles. The molecule has 2 aliphatic heterocycles. The molecule has 2 aliphatic rings. The highest BCUT2D eigenvalue weighted by atomic mass is 16.5. The third-order valence-electron chi connectivity index (χ3n) is 4.92. The van der Waals surface area contributed by atoms with E-state index in [0.717, 1.165) is 82.2 Å². The first-order valence-corrected chi connectivity index (χ1v) is 9.30. The lowest BCUT2D eigenvalue weighted by Gasteiger charge is -2.36. The van der Waals surface area contributed by atoms with Gasteiger partial charge >= 0.3 is 0 Å². The van der Waals surface area contributed by atoms with Crippen LogP contribution < -0.4 is 14.7 Å². The fourth-order valence-corrected chi connectivity index (χ4v) is 3.35. The number of aromatic nitrogens is 4. The van der Waals surface area contributed by atoms with Gasteiger partial charge in [-0.15, -0.1) is 0 Å². The molecule has 2 fully saturated rings. The maximum absolute atomic E-state index is 5.41. The number of nitrogens with zero attached hydrogens (tertiary/aromatic N) is 7. The summed E-state index contributed by atoms with van der Waals surface area (Å²) in [5, 5.41) is 0. The van der Waals surface area contributed by atoms with Gasteiger partial charge in [-0.1, -0.05) is 6.92 Å².